The van der Waals surface area contributed by atoms with Gasteiger partial charge in [0.15, 0.2) is 0 Å². The molecule has 0 unspecified atom stereocenters. The zero-order valence-electron chi connectivity index (χ0n) is 5.65. The van der Waals surface area contributed by atoms with Gasteiger partial charge < -0.3 is 0 Å². The molecule has 2 saturated carbocycles. The molecule has 0 aromatic rings. The fraction of sp³-hybridized carbons (Fsp3) is 1.00. The van der Waals surface area contributed by atoms with Gasteiger partial charge in [0, 0.05) is 4.43 Å². The number of fused-ring (bicyclic) bond motifs is 2. The third-order valence-electron chi connectivity index (χ3n) is 3.08. The molecule has 0 heterocycles. The molecule has 0 radical (unpaired) electrons. The molecular formula is C8H13I. The van der Waals surface area contributed by atoms with Crippen molar-refractivity contribution in [3.63, 3.8) is 0 Å². The lowest BCUT2D eigenvalue weighted by molar-refractivity contribution is 0.369. The van der Waals surface area contributed by atoms with E-state index in [0.29, 0.717) is 0 Å². The highest BCUT2D eigenvalue weighted by Gasteiger charge is 2.38. The summed E-state index contributed by atoms with van der Waals surface area (Å²) in [7, 11) is 0. The van der Waals surface area contributed by atoms with Crippen LogP contribution in [0.3, 0.4) is 0 Å². The van der Waals surface area contributed by atoms with Crippen molar-refractivity contribution >= 4 is 22.6 Å². The summed E-state index contributed by atoms with van der Waals surface area (Å²) in [5.41, 5.74) is 0. The lowest BCUT2D eigenvalue weighted by Crippen LogP contribution is -2.10. The Morgan fingerprint density at radius 2 is 2.11 bits per heavy atom. The Balaban J connectivity index is 2.01. The average molecular weight is 236 g/mol. The van der Waals surface area contributed by atoms with Crippen LogP contribution < -0.4 is 0 Å². The van der Waals surface area contributed by atoms with Crippen LogP contribution in [0, 0.1) is 17.8 Å². The summed E-state index contributed by atoms with van der Waals surface area (Å²) in [5, 5.41) is 0. The first-order chi connectivity index (χ1) is 4.40. The molecule has 0 aliphatic heterocycles. The van der Waals surface area contributed by atoms with Crippen LogP contribution in [0.2, 0.25) is 0 Å². The Hall–Kier alpha value is 0.730. The zero-order chi connectivity index (χ0) is 6.27. The maximum atomic E-state index is 2.55. The first kappa shape index (κ1) is 6.44. The van der Waals surface area contributed by atoms with Crippen LogP contribution in [-0.4, -0.2) is 4.43 Å². The molecule has 3 atom stereocenters. The molecule has 0 aromatic heterocycles. The van der Waals surface area contributed by atoms with Crippen LogP contribution in [0.25, 0.3) is 0 Å². The molecule has 2 aliphatic carbocycles. The fourth-order valence-electron chi connectivity index (χ4n) is 2.57. The lowest BCUT2D eigenvalue weighted by atomic mass is 9.91. The van der Waals surface area contributed by atoms with Gasteiger partial charge in [-0.25, -0.2) is 0 Å². The smallest absolute Gasteiger partial charge is 0.00264 e. The Bertz CT molecular complexity index is 111. The van der Waals surface area contributed by atoms with Crippen LogP contribution >= 0.6 is 22.6 Å². The van der Waals surface area contributed by atoms with E-state index in [1.54, 1.807) is 25.7 Å². The van der Waals surface area contributed by atoms with E-state index in [-0.39, 0.29) is 0 Å². The normalized spacial score (nSPS) is 48.3. The largest absolute Gasteiger partial charge is 0.0861 e. The number of hydrogen-bond donors (Lipinski definition) is 0. The molecule has 52 valence electrons. The molecule has 2 aliphatic rings. The second-order valence-corrected chi connectivity index (χ2v) is 4.47. The highest BCUT2D eigenvalue weighted by atomic mass is 127. The van der Waals surface area contributed by atoms with Crippen molar-refractivity contribution in [3.8, 4) is 0 Å². The highest BCUT2D eigenvalue weighted by molar-refractivity contribution is 14.1. The molecule has 1 heteroatoms. The van der Waals surface area contributed by atoms with Crippen molar-refractivity contribution in [3.05, 3.63) is 0 Å². The highest BCUT2D eigenvalue weighted by Crippen LogP contribution is 2.48. The van der Waals surface area contributed by atoms with Gasteiger partial charge in [-0.05, 0) is 37.0 Å². The van der Waals surface area contributed by atoms with E-state index in [1.165, 1.54) is 4.43 Å². The minimum atomic E-state index is 1.12. The summed E-state index contributed by atoms with van der Waals surface area (Å²) in [6, 6.07) is 0. The van der Waals surface area contributed by atoms with E-state index in [0.717, 1.165) is 17.8 Å². The van der Waals surface area contributed by atoms with Crippen molar-refractivity contribution < 1.29 is 0 Å². The molecule has 0 spiro atoms. The van der Waals surface area contributed by atoms with Gasteiger partial charge >= 0.3 is 0 Å². The summed E-state index contributed by atoms with van der Waals surface area (Å²) in [6.07, 6.45) is 6.25. The van der Waals surface area contributed by atoms with Crippen molar-refractivity contribution in [1.82, 2.24) is 0 Å². The van der Waals surface area contributed by atoms with Crippen LogP contribution in [-0.2, 0) is 0 Å². The number of rotatable bonds is 1. The number of alkyl halides is 1. The molecule has 0 saturated heterocycles. The summed E-state index contributed by atoms with van der Waals surface area (Å²) < 4.78 is 1.42. The third-order valence-corrected chi connectivity index (χ3v) is 4.21. The third kappa shape index (κ3) is 1.02. The van der Waals surface area contributed by atoms with E-state index in [2.05, 4.69) is 22.6 Å². The summed E-state index contributed by atoms with van der Waals surface area (Å²) in [5.74, 6) is 3.41. The van der Waals surface area contributed by atoms with Crippen molar-refractivity contribution in [2.75, 3.05) is 4.43 Å². The summed E-state index contributed by atoms with van der Waals surface area (Å²) in [6.45, 7) is 0. The van der Waals surface area contributed by atoms with Crippen molar-refractivity contribution in [2.24, 2.45) is 17.8 Å². The topological polar surface area (TPSA) is 0 Å². The standard InChI is InChI=1S/C8H13I/c9-5-8-4-6-1-2-7(8)3-6/h6-8H,1-5H2/t6-,7-,8+/m0/s1. The minimum absolute atomic E-state index is 1.12. The fourth-order valence-corrected chi connectivity index (χ4v) is 3.64. The minimum Gasteiger partial charge on any atom is -0.0861 e. The average Bonchev–Trinajstić information content (AvgIpc) is 2.45. The SMILES string of the molecule is IC[C@H]1C[C@H]2CC[C@H]1C2. The van der Waals surface area contributed by atoms with E-state index in [1.807, 2.05) is 0 Å². The van der Waals surface area contributed by atoms with Crippen LogP contribution in [0.1, 0.15) is 25.7 Å². The van der Waals surface area contributed by atoms with Gasteiger partial charge in [0.1, 0.15) is 0 Å². The molecule has 0 N–H and O–H groups in total. The monoisotopic (exact) mass is 236 g/mol. The lowest BCUT2D eigenvalue weighted by Gasteiger charge is -2.18. The molecular weight excluding hydrogens is 223 g/mol. The Morgan fingerprint density at radius 3 is 2.44 bits per heavy atom. The van der Waals surface area contributed by atoms with Gasteiger partial charge in [0.25, 0.3) is 0 Å². The zero-order valence-corrected chi connectivity index (χ0v) is 7.80. The summed E-state index contributed by atoms with van der Waals surface area (Å²) in [4.78, 5) is 0. The van der Waals surface area contributed by atoms with E-state index in [4.69, 9.17) is 0 Å². The molecule has 0 amide bonds. The predicted molar refractivity (Wildman–Crippen MR) is 47.8 cm³/mol. The second kappa shape index (κ2) is 2.40. The van der Waals surface area contributed by atoms with E-state index < -0.39 is 0 Å². The van der Waals surface area contributed by atoms with Crippen LogP contribution in [0.5, 0.6) is 0 Å². The summed E-state index contributed by atoms with van der Waals surface area (Å²) >= 11 is 2.55. The van der Waals surface area contributed by atoms with Gasteiger partial charge in [-0.15, -0.1) is 0 Å². The maximum Gasteiger partial charge on any atom is 0.00264 e. The van der Waals surface area contributed by atoms with Gasteiger partial charge in [-0.2, -0.15) is 0 Å². The van der Waals surface area contributed by atoms with E-state index in [9.17, 15) is 0 Å². The van der Waals surface area contributed by atoms with Crippen molar-refractivity contribution in [1.29, 1.82) is 0 Å². The molecule has 2 rings (SSSR count). The first-order valence-corrected chi connectivity index (χ1v) is 5.48. The quantitative estimate of drug-likeness (QED) is 0.485. The Labute approximate surface area is 70.5 Å². The predicted octanol–water partition coefficient (Wildman–Crippen LogP) is 2.86. The maximum absolute atomic E-state index is 2.55. The Morgan fingerprint density at radius 1 is 1.22 bits per heavy atom. The van der Waals surface area contributed by atoms with Crippen LogP contribution in [0.15, 0.2) is 0 Å². The molecule has 2 fully saturated rings. The number of hydrogen-bond acceptors (Lipinski definition) is 0. The Kier molecular flexibility index (Phi) is 1.72. The van der Waals surface area contributed by atoms with Crippen molar-refractivity contribution in [2.45, 2.75) is 25.7 Å². The number of halogens is 1. The molecule has 2 bridgehead atoms. The molecule has 9 heavy (non-hydrogen) atoms. The molecule has 0 nitrogen and oxygen atoms in total. The molecule has 0 aromatic carbocycles. The van der Waals surface area contributed by atoms with Gasteiger partial charge in [0.2, 0.25) is 0 Å². The van der Waals surface area contributed by atoms with Gasteiger partial charge in [-0.3, -0.25) is 0 Å². The van der Waals surface area contributed by atoms with Crippen LogP contribution in [0.4, 0.5) is 0 Å². The van der Waals surface area contributed by atoms with Gasteiger partial charge in [0.05, 0.1) is 0 Å². The van der Waals surface area contributed by atoms with E-state index >= 15 is 0 Å². The van der Waals surface area contributed by atoms with Gasteiger partial charge in [-0.1, -0.05) is 29.0 Å². The first-order valence-electron chi connectivity index (χ1n) is 3.96. The second-order valence-electron chi connectivity index (χ2n) is 3.59.